The Morgan fingerprint density at radius 2 is 1.41 bits per heavy atom. The van der Waals surface area contributed by atoms with Crippen LogP contribution in [0.15, 0.2) is 24.3 Å². The normalized spacial score (nSPS) is 12.4. The second kappa shape index (κ2) is 7.58. The first-order valence-electron chi connectivity index (χ1n) is 10.1. The summed E-state index contributed by atoms with van der Waals surface area (Å²) in [5.74, 6) is 0.738. The third kappa shape index (κ3) is 4.48. The molecule has 0 aliphatic carbocycles. The molecule has 2 aromatic rings. The standard InChI is InChI=1S/C25H36O2/c1-9-16-13-18(23(27)20(14-16)24(3,4)5)15-19-17(10-2)11-12-21(26)22(19)25(6,7)8/h11-14,26-27H,9-10,15H2,1-8H3. The van der Waals surface area contributed by atoms with E-state index in [0.717, 1.165) is 35.1 Å². The van der Waals surface area contributed by atoms with Crippen molar-refractivity contribution in [2.75, 3.05) is 0 Å². The molecule has 0 unspecified atom stereocenters. The van der Waals surface area contributed by atoms with Crippen molar-refractivity contribution < 1.29 is 10.2 Å². The van der Waals surface area contributed by atoms with Crippen LogP contribution in [0.25, 0.3) is 0 Å². The van der Waals surface area contributed by atoms with E-state index in [1.54, 1.807) is 0 Å². The molecule has 0 aromatic heterocycles. The predicted molar refractivity (Wildman–Crippen MR) is 115 cm³/mol. The minimum Gasteiger partial charge on any atom is -0.508 e. The summed E-state index contributed by atoms with van der Waals surface area (Å²) in [4.78, 5) is 0. The summed E-state index contributed by atoms with van der Waals surface area (Å²) in [6.45, 7) is 17.1. The van der Waals surface area contributed by atoms with E-state index in [9.17, 15) is 10.2 Å². The van der Waals surface area contributed by atoms with Crippen LogP contribution in [0.4, 0.5) is 0 Å². The Kier molecular flexibility index (Phi) is 5.99. The third-order valence-corrected chi connectivity index (χ3v) is 5.35. The highest BCUT2D eigenvalue weighted by atomic mass is 16.3. The fourth-order valence-corrected chi connectivity index (χ4v) is 3.91. The highest BCUT2D eigenvalue weighted by Crippen LogP contribution is 2.40. The lowest BCUT2D eigenvalue weighted by molar-refractivity contribution is 0.437. The molecular formula is C25H36O2. The smallest absolute Gasteiger partial charge is 0.122 e. The van der Waals surface area contributed by atoms with Gasteiger partial charge in [0.25, 0.3) is 0 Å². The van der Waals surface area contributed by atoms with Crippen LogP contribution in [0, 0.1) is 0 Å². The Morgan fingerprint density at radius 1 is 0.778 bits per heavy atom. The van der Waals surface area contributed by atoms with Crippen LogP contribution in [0.1, 0.15) is 88.8 Å². The maximum absolute atomic E-state index is 11.1. The van der Waals surface area contributed by atoms with Gasteiger partial charge in [-0.2, -0.15) is 0 Å². The minimum absolute atomic E-state index is 0.122. The summed E-state index contributed by atoms with van der Waals surface area (Å²) in [6, 6.07) is 8.09. The number of aromatic hydroxyl groups is 2. The molecule has 2 nitrogen and oxygen atoms in total. The quantitative estimate of drug-likeness (QED) is 0.655. The van der Waals surface area contributed by atoms with E-state index in [2.05, 4.69) is 67.5 Å². The predicted octanol–water partition coefficient (Wildman–Crippen LogP) is 6.41. The van der Waals surface area contributed by atoms with Crippen molar-refractivity contribution in [3.63, 3.8) is 0 Å². The zero-order valence-corrected chi connectivity index (χ0v) is 18.3. The summed E-state index contributed by atoms with van der Waals surface area (Å²) in [6.07, 6.45) is 2.47. The molecule has 2 aromatic carbocycles. The fraction of sp³-hybridized carbons (Fsp3) is 0.520. The Morgan fingerprint density at radius 3 is 1.89 bits per heavy atom. The molecule has 0 bridgehead atoms. The van der Waals surface area contributed by atoms with E-state index >= 15 is 0 Å². The van der Waals surface area contributed by atoms with E-state index in [-0.39, 0.29) is 10.8 Å². The van der Waals surface area contributed by atoms with E-state index < -0.39 is 0 Å². The number of phenolic OH excluding ortho intramolecular Hbond substituents is 2. The van der Waals surface area contributed by atoms with Gasteiger partial charge in [0.1, 0.15) is 11.5 Å². The van der Waals surface area contributed by atoms with Crippen LogP contribution in [-0.2, 0) is 30.1 Å². The summed E-state index contributed by atoms with van der Waals surface area (Å²) in [7, 11) is 0. The van der Waals surface area contributed by atoms with Crippen molar-refractivity contribution in [2.45, 2.75) is 85.5 Å². The van der Waals surface area contributed by atoms with Crippen molar-refractivity contribution in [2.24, 2.45) is 0 Å². The first-order valence-corrected chi connectivity index (χ1v) is 10.1. The first-order chi connectivity index (χ1) is 12.4. The van der Waals surface area contributed by atoms with Gasteiger partial charge in [-0.25, -0.2) is 0 Å². The largest absolute Gasteiger partial charge is 0.508 e. The Balaban J connectivity index is 2.73. The molecule has 0 atom stereocenters. The van der Waals surface area contributed by atoms with Crippen LogP contribution in [0.5, 0.6) is 11.5 Å². The molecule has 27 heavy (non-hydrogen) atoms. The van der Waals surface area contributed by atoms with E-state index in [4.69, 9.17) is 0 Å². The molecule has 0 fully saturated rings. The molecule has 2 rings (SSSR count). The van der Waals surface area contributed by atoms with Gasteiger partial charge in [0.05, 0.1) is 0 Å². The topological polar surface area (TPSA) is 40.5 Å². The number of benzene rings is 2. The third-order valence-electron chi connectivity index (χ3n) is 5.35. The SMILES string of the molecule is CCc1cc(Cc2c(CC)ccc(O)c2C(C)(C)C)c(O)c(C(C)(C)C)c1. The van der Waals surface area contributed by atoms with Crippen LogP contribution >= 0.6 is 0 Å². The molecule has 0 aliphatic rings. The second-order valence-electron chi connectivity index (χ2n) is 9.63. The van der Waals surface area contributed by atoms with Gasteiger partial charge in [-0.05, 0) is 57.6 Å². The molecule has 0 saturated heterocycles. The van der Waals surface area contributed by atoms with Crippen molar-refractivity contribution in [3.05, 3.63) is 57.6 Å². The minimum atomic E-state index is -0.171. The van der Waals surface area contributed by atoms with Crippen LogP contribution in [0.3, 0.4) is 0 Å². The molecule has 0 heterocycles. The number of hydrogen-bond acceptors (Lipinski definition) is 2. The summed E-state index contributed by atoms with van der Waals surface area (Å²) < 4.78 is 0. The van der Waals surface area contributed by atoms with Crippen LogP contribution in [-0.4, -0.2) is 10.2 Å². The number of phenols is 2. The van der Waals surface area contributed by atoms with E-state index in [0.29, 0.717) is 17.9 Å². The van der Waals surface area contributed by atoms with Crippen LogP contribution < -0.4 is 0 Å². The Labute approximate surface area is 165 Å². The lowest BCUT2D eigenvalue weighted by atomic mass is 9.78. The van der Waals surface area contributed by atoms with E-state index in [1.165, 1.54) is 11.1 Å². The highest BCUT2D eigenvalue weighted by molar-refractivity contribution is 5.54. The van der Waals surface area contributed by atoms with Gasteiger partial charge >= 0.3 is 0 Å². The maximum atomic E-state index is 11.1. The molecule has 0 spiro atoms. The molecular weight excluding hydrogens is 332 g/mol. The molecule has 0 radical (unpaired) electrons. The van der Waals surface area contributed by atoms with Crippen molar-refractivity contribution in [1.29, 1.82) is 0 Å². The van der Waals surface area contributed by atoms with Crippen molar-refractivity contribution in [3.8, 4) is 11.5 Å². The zero-order chi connectivity index (χ0) is 20.6. The second-order valence-corrected chi connectivity index (χ2v) is 9.63. The van der Waals surface area contributed by atoms with Gasteiger partial charge in [0.15, 0.2) is 0 Å². The molecule has 2 heteroatoms. The number of hydrogen-bond donors (Lipinski definition) is 2. The van der Waals surface area contributed by atoms with Gasteiger partial charge in [-0.1, -0.05) is 73.6 Å². The molecule has 0 aliphatic heterocycles. The Hall–Kier alpha value is -1.96. The molecule has 2 N–H and O–H groups in total. The lowest BCUT2D eigenvalue weighted by Crippen LogP contribution is -2.17. The Bertz CT molecular complexity index is 818. The van der Waals surface area contributed by atoms with Crippen molar-refractivity contribution in [1.82, 2.24) is 0 Å². The molecule has 0 amide bonds. The average Bonchev–Trinajstić information content (AvgIpc) is 2.54. The van der Waals surface area contributed by atoms with Gasteiger partial charge in [0.2, 0.25) is 0 Å². The van der Waals surface area contributed by atoms with Crippen LogP contribution in [0.2, 0.25) is 0 Å². The summed E-state index contributed by atoms with van der Waals surface area (Å²) in [5, 5.41) is 21.7. The monoisotopic (exact) mass is 368 g/mol. The fourth-order valence-electron chi connectivity index (χ4n) is 3.91. The lowest BCUT2D eigenvalue weighted by Gasteiger charge is -2.28. The van der Waals surface area contributed by atoms with E-state index in [1.807, 2.05) is 12.1 Å². The zero-order valence-electron chi connectivity index (χ0n) is 18.3. The maximum Gasteiger partial charge on any atom is 0.122 e. The van der Waals surface area contributed by atoms with Gasteiger partial charge in [-0.15, -0.1) is 0 Å². The first kappa shape index (κ1) is 21.3. The number of aryl methyl sites for hydroxylation is 2. The average molecular weight is 369 g/mol. The summed E-state index contributed by atoms with van der Waals surface area (Å²) >= 11 is 0. The summed E-state index contributed by atoms with van der Waals surface area (Å²) in [5.41, 5.74) is 6.25. The van der Waals surface area contributed by atoms with Crippen molar-refractivity contribution >= 4 is 0 Å². The highest BCUT2D eigenvalue weighted by Gasteiger charge is 2.26. The number of rotatable bonds is 4. The van der Waals surface area contributed by atoms with Gasteiger partial charge in [-0.3, -0.25) is 0 Å². The molecule has 148 valence electrons. The molecule has 0 saturated carbocycles. The van der Waals surface area contributed by atoms with Gasteiger partial charge < -0.3 is 10.2 Å². The van der Waals surface area contributed by atoms with Gasteiger partial charge in [0, 0.05) is 12.0 Å².